The van der Waals surface area contributed by atoms with E-state index in [-0.39, 0.29) is 23.8 Å². The number of fused-ring (bicyclic) bond motifs is 1. The molecule has 6 nitrogen and oxygen atoms in total. The van der Waals surface area contributed by atoms with Gasteiger partial charge in [0.2, 0.25) is 0 Å². The molecule has 0 amide bonds. The van der Waals surface area contributed by atoms with Crippen molar-refractivity contribution in [1.82, 2.24) is 9.88 Å². The molecule has 142 valence electrons. The molecule has 1 saturated heterocycles. The van der Waals surface area contributed by atoms with Gasteiger partial charge in [0.15, 0.2) is 5.58 Å². The van der Waals surface area contributed by atoms with Crippen LogP contribution in [-0.2, 0) is 7.05 Å². The summed E-state index contributed by atoms with van der Waals surface area (Å²) in [5.74, 6) is 0.484. The Morgan fingerprint density at radius 3 is 2.81 bits per heavy atom. The maximum Gasteiger partial charge on any atom is 0.419 e. The lowest BCUT2D eigenvalue weighted by molar-refractivity contribution is 0.241. The summed E-state index contributed by atoms with van der Waals surface area (Å²) in [7, 11) is 3.32. The molecule has 2 heterocycles. The van der Waals surface area contributed by atoms with Gasteiger partial charge in [0.05, 0.1) is 12.6 Å². The topological polar surface area (TPSA) is 82.4 Å². The molecule has 3 N–H and O–H groups in total. The van der Waals surface area contributed by atoms with Crippen molar-refractivity contribution in [2.45, 2.75) is 24.9 Å². The van der Waals surface area contributed by atoms with Crippen molar-refractivity contribution in [1.29, 1.82) is 0 Å². The third-order valence-electron chi connectivity index (χ3n) is 5.63. The van der Waals surface area contributed by atoms with Crippen molar-refractivity contribution in [3.63, 3.8) is 0 Å². The first-order valence-electron chi connectivity index (χ1n) is 9.31. The summed E-state index contributed by atoms with van der Waals surface area (Å²) in [5.41, 5.74) is 10.2. The third kappa shape index (κ3) is 3.15. The number of nitrogens with two attached hydrogens (primary N) is 1. The number of nitrogens with zero attached hydrogens (tertiary/aromatic N) is 1. The van der Waals surface area contributed by atoms with Crippen LogP contribution in [0.2, 0.25) is 0 Å². The average Bonchev–Trinajstić information content (AvgIpc) is 3.00. The lowest BCUT2D eigenvalue weighted by Crippen LogP contribution is -2.39. The van der Waals surface area contributed by atoms with Crippen LogP contribution in [0.25, 0.3) is 11.1 Å². The molecule has 3 aromatic rings. The molecule has 1 aromatic heterocycles. The maximum absolute atomic E-state index is 11.9. The van der Waals surface area contributed by atoms with Gasteiger partial charge in [-0.25, -0.2) is 4.79 Å². The zero-order valence-corrected chi connectivity index (χ0v) is 15.6. The van der Waals surface area contributed by atoms with Gasteiger partial charge in [0, 0.05) is 30.8 Å². The Morgan fingerprint density at radius 1 is 1.30 bits per heavy atom. The average molecular weight is 367 g/mol. The van der Waals surface area contributed by atoms with Crippen molar-refractivity contribution in [3.05, 3.63) is 64.1 Å². The van der Waals surface area contributed by atoms with Gasteiger partial charge >= 0.3 is 5.76 Å². The molecule has 27 heavy (non-hydrogen) atoms. The Kier molecular flexibility index (Phi) is 4.76. The monoisotopic (exact) mass is 367 g/mol. The molecule has 3 unspecified atom stereocenters. The number of aryl methyl sites for hydroxylation is 1. The molecule has 0 saturated carbocycles. The molecule has 2 aromatic carbocycles. The fourth-order valence-corrected chi connectivity index (χ4v) is 4.16. The Labute approximate surface area is 157 Å². The van der Waals surface area contributed by atoms with E-state index in [2.05, 4.69) is 29.6 Å². The van der Waals surface area contributed by atoms with E-state index in [0.29, 0.717) is 11.3 Å². The number of piperidine rings is 1. The zero-order chi connectivity index (χ0) is 19.0. The minimum atomic E-state index is -0.390. The van der Waals surface area contributed by atoms with E-state index in [1.807, 2.05) is 12.1 Å². The van der Waals surface area contributed by atoms with Crippen LogP contribution in [0.1, 0.15) is 36.1 Å². The molecule has 0 aliphatic carbocycles. The molecule has 1 fully saturated rings. The van der Waals surface area contributed by atoms with E-state index < -0.39 is 0 Å². The van der Waals surface area contributed by atoms with E-state index in [4.69, 9.17) is 14.9 Å². The first kappa shape index (κ1) is 17.8. The molecule has 4 rings (SSSR count). The Bertz CT molecular complexity index is 993. The Hall–Kier alpha value is -2.57. The van der Waals surface area contributed by atoms with Gasteiger partial charge in [-0.1, -0.05) is 30.3 Å². The van der Waals surface area contributed by atoms with Gasteiger partial charge < -0.3 is 20.2 Å². The van der Waals surface area contributed by atoms with Crippen molar-refractivity contribution in [2.75, 3.05) is 13.7 Å². The lowest BCUT2D eigenvalue weighted by atomic mass is 9.79. The van der Waals surface area contributed by atoms with Gasteiger partial charge in [-0.15, -0.1) is 0 Å². The van der Waals surface area contributed by atoms with Crippen LogP contribution in [-0.4, -0.2) is 18.2 Å². The molecule has 1 aliphatic heterocycles. The molecular formula is C21H25N3O3. The predicted molar refractivity (Wildman–Crippen MR) is 105 cm³/mol. The minimum Gasteiger partial charge on any atom is -0.496 e. The summed E-state index contributed by atoms with van der Waals surface area (Å²) >= 11 is 0. The molecule has 1 aliphatic rings. The lowest BCUT2D eigenvalue weighted by Gasteiger charge is -2.37. The van der Waals surface area contributed by atoms with Crippen molar-refractivity contribution >= 4 is 11.1 Å². The van der Waals surface area contributed by atoms with Crippen LogP contribution in [0.5, 0.6) is 5.75 Å². The molecular weight excluding hydrogens is 342 g/mol. The quantitative estimate of drug-likeness (QED) is 0.741. The van der Waals surface area contributed by atoms with Crippen molar-refractivity contribution in [3.8, 4) is 5.75 Å². The van der Waals surface area contributed by atoms with E-state index in [1.165, 1.54) is 10.1 Å². The fraction of sp³-hybridized carbons (Fsp3) is 0.381. The first-order chi connectivity index (χ1) is 13.1. The first-order valence-corrected chi connectivity index (χ1v) is 9.31. The minimum absolute atomic E-state index is 0.184. The summed E-state index contributed by atoms with van der Waals surface area (Å²) < 4.78 is 12.4. The summed E-state index contributed by atoms with van der Waals surface area (Å²) in [5, 5.41) is 3.63. The summed E-state index contributed by atoms with van der Waals surface area (Å²) in [6.45, 7) is 0.981. The largest absolute Gasteiger partial charge is 0.496 e. The number of ether oxygens (including phenoxy) is 1. The molecule has 0 radical (unpaired) electrons. The van der Waals surface area contributed by atoms with Crippen molar-refractivity contribution < 1.29 is 9.15 Å². The summed E-state index contributed by atoms with van der Waals surface area (Å²) in [6, 6.07) is 14.1. The predicted octanol–water partition coefficient (Wildman–Crippen LogP) is 2.88. The highest BCUT2D eigenvalue weighted by Crippen LogP contribution is 2.40. The van der Waals surface area contributed by atoms with Crippen LogP contribution in [0.15, 0.2) is 51.7 Å². The zero-order valence-electron chi connectivity index (χ0n) is 15.6. The number of rotatable bonds is 4. The van der Waals surface area contributed by atoms with Crippen LogP contribution < -0.4 is 21.5 Å². The maximum atomic E-state index is 11.9. The number of nitrogens with one attached hydrogen (secondary N) is 1. The van der Waals surface area contributed by atoms with Gasteiger partial charge in [-0.2, -0.15) is 0 Å². The molecule has 6 heteroatoms. The SMILES string of the molecule is COc1cc2oc(=O)n(C)c2cc1C(N)C1CCCNC1c1ccccc1. The van der Waals surface area contributed by atoms with Crippen LogP contribution in [0.4, 0.5) is 0 Å². The second kappa shape index (κ2) is 7.21. The molecule has 3 atom stereocenters. The van der Waals surface area contributed by atoms with Gasteiger partial charge in [0.25, 0.3) is 0 Å². The van der Waals surface area contributed by atoms with Gasteiger partial charge in [-0.3, -0.25) is 4.57 Å². The van der Waals surface area contributed by atoms with E-state index in [9.17, 15) is 4.79 Å². The second-order valence-corrected chi connectivity index (χ2v) is 7.16. The summed E-state index contributed by atoms with van der Waals surface area (Å²) in [4.78, 5) is 11.9. The standard InChI is InChI=1S/C21H25N3O3/c1-24-16-11-15(17(26-2)12-18(16)27-21(24)25)19(22)14-9-6-10-23-20(14)13-7-4-3-5-8-13/h3-5,7-8,11-12,14,19-20,23H,6,9-10,22H2,1-2H3. The normalized spacial score (nSPS) is 21.3. The molecule has 0 bridgehead atoms. The highest BCUT2D eigenvalue weighted by Gasteiger charge is 2.33. The van der Waals surface area contributed by atoms with Crippen LogP contribution in [0, 0.1) is 5.92 Å². The Morgan fingerprint density at radius 2 is 2.07 bits per heavy atom. The van der Waals surface area contributed by atoms with E-state index >= 15 is 0 Å². The second-order valence-electron chi connectivity index (χ2n) is 7.16. The molecule has 0 spiro atoms. The van der Waals surface area contributed by atoms with E-state index in [1.54, 1.807) is 20.2 Å². The van der Waals surface area contributed by atoms with Crippen LogP contribution in [0.3, 0.4) is 0 Å². The number of hydrogen-bond donors (Lipinski definition) is 2. The van der Waals surface area contributed by atoms with E-state index in [0.717, 1.165) is 30.5 Å². The summed E-state index contributed by atoms with van der Waals surface area (Å²) in [6.07, 6.45) is 2.11. The highest BCUT2D eigenvalue weighted by molar-refractivity contribution is 5.76. The third-order valence-corrected chi connectivity index (χ3v) is 5.63. The number of hydrogen-bond acceptors (Lipinski definition) is 5. The number of methoxy groups -OCH3 is 1. The number of aromatic nitrogens is 1. The Balaban J connectivity index is 1.77. The fourth-order valence-electron chi connectivity index (χ4n) is 4.16. The number of benzene rings is 2. The van der Waals surface area contributed by atoms with Crippen LogP contribution >= 0.6 is 0 Å². The van der Waals surface area contributed by atoms with Gasteiger partial charge in [0.1, 0.15) is 5.75 Å². The van der Waals surface area contributed by atoms with Crippen molar-refractivity contribution in [2.24, 2.45) is 18.7 Å². The number of oxazole rings is 1. The van der Waals surface area contributed by atoms with Gasteiger partial charge in [-0.05, 0) is 36.9 Å². The highest BCUT2D eigenvalue weighted by atomic mass is 16.5. The smallest absolute Gasteiger partial charge is 0.419 e.